The predicted octanol–water partition coefficient (Wildman–Crippen LogP) is -0.361. The van der Waals surface area contributed by atoms with Gasteiger partial charge in [-0.05, 0) is 13.0 Å². The fraction of sp³-hybridized carbons (Fsp3) is 0.250. The number of aliphatic carboxylic acids is 1. The molecular formula is C12H11N5O3. The van der Waals surface area contributed by atoms with Crippen molar-refractivity contribution in [1.29, 1.82) is 0 Å². The van der Waals surface area contributed by atoms with Gasteiger partial charge < -0.3 is 10.4 Å². The van der Waals surface area contributed by atoms with E-state index in [1.54, 1.807) is 19.2 Å². The third-order valence-corrected chi connectivity index (χ3v) is 2.56. The number of carbonyl (C=O) groups is 2. The first-order chi connectivity index (χ1) is 9.52. The van der Waals surface area contributed by atoms with Crippen LogP contribution in [0.15, 0.2) is 12.3 Å². The van der Waals surface area contributed by atoms with Crippen molar-refractivity contribution in [2.45, 2.75) is 19.4 Å². The number of carboxylic acid groups (broad SMARTS) is 1. The second-order valence-corrected chi connectivity index (χ2v) is 4.01. The van der Waals surface area contributed by atoms with Crippen LogP contribution < -0.4 is 5.32 Å². The van der Waals surface area contributed by atoms with Crippen LogP contribution in [0.5, 0.6) is 0 Å². The second kappa shape index (κ2) is 5.36. The summed E-state index contributed by atoms with van der Waals surface area (Å²) in [6, 6.07) is 0.537. The largest absolute Gasteiger partial charge is 0.480 e. The Labute approximate surface area is 113 Å². The quantitative estimate of drug-likeness (QED) is 0.736. The Balaban J connectivity index is 2.25. The van der Waals surface area contributed by atoms with Gasteiger partial charge in [-0.2, -0.15) is 4.98 Å². The molecule has 0 aliphatic carbocycles. The van der Waals surface area contributed by atoms with E-state index in [2.05, 4.69) is 26.3 Å². The molecule has 0 fully saturated rings. The zero-order valence-corrected chi connectivity index (χ0v) is 10.6. The number of hydrogen-bond donors (Lipinski definition) is 2. The molecule has 102 valence electrons. The first-order valence-electron chi connectivity index (χ1n) is 5.68. The van der Waals surface area contributed by atoms with Crippen molar-refractivity contribution < 1.29 is 14.7 Å². The van der Waals surface area contributed by atoms with Gasteiger partial charge in [-0.15, -0.1) is 17.4 Å². The van der Waals surface area contributed by atoms with Crippen molar-refractivity contribution in [2.75, 3.05) is 0 Å². The topological polar surface area (TPSA) is 109 Å². The minimum atomic E-state index is -1.21. The van der Waals surface area contributed by atoms with Gasteiger partial charge >= 0.3 is 5.97 Å². The molecule has 0 aliphatic rings. The summed E-state index contributed by atoms with van der Waals surface area (Å²) < 4.78 is 1.39. The Bertz CT molecular complexity index is 715. The van der Waals surface area contributed by atoms with Crippen molar-refractivity contribution in [3.8, 4) is 12.3 Å². The van der Waals surface area contributed by atoms with Crippen LogP contribution in [0.2, 0.25) is 0 Å². The normalized spacial score (nSPS) is 11.8. The Morgan fingerprint density at radius 3 is 2.95 bits per heavy atom. The van der Waals surface area contributed by atoms with E-state index in [9.17, 15) is 9.59 Å². The number of carbonyl (C=O) groups excluding carboxylic acids is 1. The number of carboxylic acids is 1. The SMILES string of the molecule is C#CCC(NC(=O)c1nc2nccc(C)n2n1)C(=O)O. The number of nitrogens with zero attached hydrogens (tertiary/aromatic N) is 4. The minimum Gasteiger partial charge on any atom is -0.480 e. The van der Waals surface area contributed by atoms with Gasteiger partial charge in [0.2, 0.25) is 5.82 Å². The summed E-state index contributed by atoms with van der Waals surface area (Å²) in [5.74, 6) is 0.369. The Kier molecular flexibility index (Phi) is 3.61. The van der Waals surface area contributed by atoms with Crippen molar-refractivity contribution in [3.05, 3.63) is 23.8 Å². The molecule has 0 spiro atoms. The van der Waals surface area contributed by atoms with Crippen molar-refractivity contribution in [3.63, 3.8) is 0 Å². The smallest absolute Gasteiger partial charge is 0.327 e. The molecule has 2 N–H and O–H groups in total. The highest BCUT2D eigenvalue weighted by Gasteiger charge is 2.22. The van der Waals surface area contributed by atoms with Crippen LogP contribution in [0.4, 0.5) is 0 Å². The maximum absolute atomic E-state index is 11.9. The fourth-order valence-electron chi connectivity index (χ4n) is 1.54. The maximum atomic E-state index is 11.9. The predicted molar refractivity (Wildman–Crippen MR) is 67.9 cm³/mol. The third kappa shape index (κ3) is 2.56. The lowest BCUT2D eigenvalue weighted by Gasteiger charge is -2.09. The molecule has 8 heteroatoms. The van der Waals surface area contributed by atoms with Crippen LogP contribution in [0.3, 0.4) is 0 Å². The molecule has 2 heterocycles. The van der Waals surface area contributed by atoms with E-state index in [-0.39, 0.29) is 18.0 Å². The summed E-state index contributed by atoms with van der Waals surface area (Å²) in [6.45, 7) is 1.78. The van der Waals surface area contributed by atoms with E-state index < -0.39 is 17.9 Å². The van der Waals surface area contributed by atoms with Gasteiger partial charge in [0.25, 0.3) is 11.7 Å². The molecule has 2 aromatic rings. The summed E-state index contributed by atoms with van der Waals surface area (Å²) in [5, 5.41) is 15.2. The first-order valence-corrected chi connectivity index (χ1v) is 5.68. The van der Waals surface area contributed by atoms with Crippen molar-refractivity contribution in [1.82, 2.24) is 24.9 Å². The standard InChI is InChI=1S/C12H11N5O3/c1-3-4-8(11(19)20)14-10(18)9-15-12-13-6-5-7(2)17(12)16-9/h1,5-6,8H,4H2,2H3,(H,14,18)(H,19,20). The van der Waals surface area contributed by atoms with E-state index in [0.717, 1.165) is 5.69 Å². The molecule has 0 saturated heterocycles. The minimum absolute atomic E-state index is 0.119. The van der Waals surface area contributed by atoms with Crippen LogP contribution >= 0.6 is 0 Å². The molecule has 1 unspecified atom stereocenters. The lowest BCUT2D eigenvalue weighted by Crippen LogP contribution is -2.40. The number of hydrogen-bond acceptors (Lipinski definition) is 5. The van der Waals surface area contributed by atoms with Gasteiger partial charge in [-0.25, -0.2) is 14.3 Å². The zero-order valence-electron chi connectivity index (χ0n) is 10.6. The van der Waals surface area contributed by atoms with Gasteiger partial charge in [0.1, 0.15) is 6.04 Å². The number of terminal acetylenes is 1. The van der Waals surface area contributed by atoms with Gasteiger partial charge in [0.15, 0.2) is 0 Å². The number of aryl methyl sites for hydroxylation is 1. The Hall–Kier alpha value is -2.95. The van der Waals surface area contributed by atoms with Gasteiger partial charge in [0.05, 0.1) is 0 Å². The van der Waals surface area contributed by atoms with Crippen LogP contribution in [0, 0.1) is 19.3 Å². The van der Waals surface area contributed by atoms with E-state index in [1.165, 1.54) is 4.52 Å². The lowest BCUT2D eigenvalue weighted by molar-refractivity contribution is -0.139. The van der Waals surface area contributed by atoms with Crippen LogP contribution in [0.25, 0.3) is 5.78 Å². The van der Waals surface area contributed by atoms with Crippen LogP contribution in [-0.4, -0.2) is 42.6 Å². The summed E-state index contributed by atoms with van der Waals surface area (Å²) in [5.41, 5.74) is 0.750. The molecule has 1 atom stereocenters. The average Bonchev–Trinajstić information content (AvgIpc) is 2.83. The average molecular weight is 273 g/mol. The fourth-order valence-corrected chi connectivity index (χ4v) is 1.54. The number of fused-ring (bicyclic) bond motifs is 1. The molecular weight excluding hydrogens is 262 g/mol. The highest BCUT2D eigenvalue weighted by molar-refractivity contribution is 5.93. The number of aromatic nitrogens is 4. The number of rotatable bonds is 4. The summed E-state index contributed by atoms with van der Waals surface area (Å²) >= 11 is 0. The van der Waals surface area contributed by atoms with E-state index in [1.807, 2.05) is 0 Å². The molecule has 8 nitrogen and oxygen atoms in total. The lowest BCUT2D eigenvalue weighted by atomic mass is 10.2. The van der Waals surface area contributed by atoms with Gasteiger partial charge in [-0.1, -0.05) is 0 Å². The summed E-state index contributed by atoms with van der Waals surface area (Å²) in [6.07, 6.45) is 6.47. The van der Waals surface area contributed by atoms with E-state index >= 15 is 0 Å². The Morgan fingerprint density at radius 1 is 1.60 bits per heavy atom. The van der Waals surface area contributed by atoms with Crippen LogP contribution in [-0.2, 0) is 4.79 Å². The molecule has 0 radical (unpaired) electrons. The van der Waals surface area contributed by atoms with E-state index in [0.29, 0.717) is 0 Å². The molecule has 20 heavy (non-hydrogen) atoms. The molecule has 0 saturated carbocycles. The van der Waals surface area contributed by atoms with Gasteiger partial charge in [-0.3, -0.25) is 4.79 Å². The first kappa shape index (κ1) is 13.5. The highest BCUT2D eigenvalue weighted by Crippen LogP contribution is 2.02. The molecule has 0 aliphatic heterocycles. The summed E-state index contributed by atoms with van der Waals surface area (Å²) in [4.78, 5) is 30.7. The monoisotopic (exact) mass is 273 g/mol. The molecule has 2 rings (SSSR count). The van der Waals surface area contributed by atoms with Gasteiger partial charge in [0, 0.05) is 18.3 Å². The molecule has 1 amide bonds. The second-order valence-electron chi connectivity index (χ2n) is 4.01. The number of nitrogens with one attached hydrogen (secondary N) is 1. The highest BCUT2D eigenvalue weighted by atomic mass is 16.4. The zero-order chi connectivity index (χ0) is 14.7. The third-order valence-electron chi connectivity index (χ3n) is 2.56. The van der Waals surface area contributed by atoms with Crippen LogP contribution in [0.1, 0.15) is 22.7 Å². The van der Waals surface area contributed by atoms with E-state index in [4.69, 9.17) is 11.5 Å². The maximum Gasteiger partial charge on any atom is 0.327 e. The molecule has 0 aromatic carbocycles. The molecule has 0 bridgehead atoms. The molecule has 2 aromatic heterocycles. The van der Waals surface area contributed by atoms with Crippen molar-refractivity contribution in [2.24, 2.45) is 0 Å². The number of amides is 1. The summed E-state index contributed by atoms with van der Waals surface area (Å²) in [7, 11) is 0. The van der Waals surface area contributed by atoms with Crippen molar-refractivity contribution >= 4 is 17.7 Å². The Morgan fingerprint density at radius 2 is 2.35 bits per heavy atom.